The van der Waals surface area contributed by atoms with Gasteiger partial charge in [0.2, 0.25) is 10.0 Å². The summed E-state index contributed by atoms with van der Waals surface area (Å²) < 4.78 is 31.3. The Morgan fingerprint density at radius 1 is 1.18 bits per heavy atom. The van der Waals surface area contributed by atoms with Crippen LogP contribution in [0.25, 0.3) is 0 Å². The van der Waals surface area contributed by atoms with Crippen molar-refractivity contribution in [1.82, 2.24) is 14.6 Å². The Labute approximate surface area is 229 Å². The number of carbonyl (C=O) groups is 1. The van der Waals surface area contributed by atoms with Crippen LogP contribution in [0.15, 0.2) is 10.9 Å². The molecular weight excluding hydrogens is 524 g/mol. The average molecular weight is 565 g/mol. The van der Waals surface area contributed by atoms with Gasteiger partial charge in [-0.2, -0.15) is 0 Å². The number of aromatic amines is 1. The third-order valence-electron chi connectivity index (χ3n) is 7.82. The van der Waals surface area contributed by atoms with E-state index in [1.54, 1.807) is 11.3 Å². The number of aromatic nitrogens is 1. The molecule has 2 N–H and O–H groups in total. The Morgan fingerprint density at radius 3 is 2.42 bits per heavy atom. The molecule has 0 saturated carbocycles. The molecule has 4 rings (SSSR count). The van der Waals surface area contributed by atoms with Crippen molar-refractivity contribution in [1.29, 1.82) is 0 Å². The van der Waals surface area contributed by atoms with Crippen LogP contribution in [0.1, 0.15) is 76.1 Å². The number of hydrogen-bond acceptors (Lipinski definition) is 7. The van der Waals surface area contributed by atoms with Crippen LogP contribution in [-0.2, 0) is 21.3 Å². The summed E-state index contributed by atoms with van der Waals surface area (Å²) in [7, 11) is -3.24. The van der Waals surface area contributed by atoms with Crippen molar-refractivity contribution in [2.24, 2.45) is 0 Å². The fraction of sp³-hybridized carbons (Fsp3) is 0.630. The highest BCUT2D eigenvalue weighted by atomic mass is 32.2. The van der Waals surface area contributed by atoms with Gasteiger partial charge in [-0.25, -0.2) is 12.7 Å². The second-order valence-electron chi connectivity index (χ2n) is 10.5. The minimum Gasteiger partial charge on any atom is -0.381 e. The van der Waals surface area contributed by atoms with E-state index in [9.17, 15) is 18.0 Å². The number of carbonyl (C=O) groups excluding carboxylic acids is 1. The lowest BCUT2D eigenvalue weighted by molar-refractivity contribution is 0.0847. The van der Waals surface area contributed by atoms with Crippen LogP contribution in [0.4, 0.5) is 5.00 Å². The van der Waals surface area contributed by atoms with Crippen LogP contribution in [-0.4, -0.2) is 68.8 Å². The van der Waals surface area contributed by atoms with Crippen LogP contribution >= 0.6 is 11.3 Å². The Hall–Kier alpha value is -2.21. The SMILES string of the molecule is CCN(c1sc(C2CCN(S(C)(=O)=O)CC2)c(C(=O)NCc2c(C)cc(C)[nH]c2=O)c1C)C1CCOCC1. The number of nitrogens with zero attached hydrogens (tertiary/aromatic N) is 2. The Balaban J connectivity index is 1.66. The summed E-state index contributed by atoms with van der Waals surface area (Å²) in [5, 5.41) is 4.13. The summed E-state index contributed by atoms with van der Waals surface area (Å²) in [6, 6.07) is 2.26. The standard InChI is InChI=1S/C27H40N4O5S2/c1-6-31(21-9-13-36-14-10-21)27-19(4)23(24(37-27)20-7-11-30(12-8-20)38(5,34)35)26(33)28-16-22-17(2)15-18(3)29-25(22)32/h15,20-21H,6-14,16H2,1-5H3,(H,28,33)(H,29,32). The molecule has 2 aliphatic heterocycles. The van der Waals surface area contributed by atoms with Crippen LogP contribution < -0.4 is 15.8 Å². The smallest absolute Gasteiger partial charge is 0.253 e. The average Bonchev–Trinajstić information content (AvgIpc) is 3.21. The maximum absolute atomic E-state index is 13.8. The lowest BCUT2D eigenvalue weighted by Gasteiger charge is -2.35. The highest BCUT2D eigenvalue weighted by Gasteiger charge is 2.34. The van der Waals surface area contributed by atoms with Gasteiger partial charge in [-0.15, -0.1) is 11.3 Å². The molecule has 0 atom stereocenters. The monoisotopic (exact) mass is 564 g/mol. The molecule has 0 bridgehead atoms. The predicted octanol–water partition coefficient (Wildman–Crippen LogP) is 3.44. The normalized spacial score (nSPS) is 18.0. The van der Waals surface area contributed by atoms with Gasteiger partial charge in [-0.1, -0.05) is 0 Å². The molecule has 11 heteroatoms. The van der Waals surface area contributed by atoms with E-state index in [2.05, 4.69) is 22.1 Å². The lowest BCUT2D eigenvalue weighted by atomic mass is 9.92. The zero-order valence-electron chi connectivity index (χ0n) is 23.1. The maximum atomic E-state index is 13.8. The first kappa shape index (κ1) is 28.8. The van der Waals surface area contributed by atoms with E-state index in [0.29, 0.717) is 43.1 Å². The van der Waals surface area contributed by atoms with Gasteiger partial charge < -0.3 is 19.9 Å². The number of hydrogen-bond donors (Lipinski definition) is 2. The Bertz CT molecular complexity index is 1320. The first-order valence-corrected chi connectivity index (χ1v) is 16.1. The fourth-order valence-corrected chi connectivity index (χ4v) is 8.22. The molecule has 1 amide bonds. The Kier molecular flexibility index (Phi) is 9.01. The van der Waals surface area contributed by atoms with E-state index in [4.69, 9.17) is 4.74 Å². The van der Waals surface area contributed by atoms with Gasteiger partial charge in [0.15, 0.2) is 0 Å². The second-order valence-corrected chi connectivity index (χ2v) is 13.5. The fourth-order valence-electron chi connectivity index (χ4n) is 5.74. The number of pyridine rings is 1. The highest BCUT2D eigenvalue weighted by molar-refractivity contribution is 7.88. The molecule has 2 fully saturated rings. The zero-order valence-corrected chi connectivity index (χ0v) is 24.7. The van der Waals surface area contributed by atoms with Crippen molar-refractivity contribution < 1.29 is 17.9 Å². The van der Waals surface area contributed by atoms with Crippen molar-refractivity contribution in [3.63, 3.8) is 0 Å². The van der Waals surface area contributed by atoms with E-state index in [1.165, 1.54) is 10.6 Å². The highest BCUT2D eigenvalue weighted by Crippen LogP contribution is 2.44. The molecule has 2 aromatic heterocycles. The minimum absolute atomic E-state index is 0.101. The first-order chi connectivity index (χ1) is 18.0. The van der Waals surface area contributed by atoms with Crippen molar-refractivity contribution >= 4 is 32.3 Å². The third-order valence-corrected chi connectivity index (χ3v) is 10.6. The zero-order chi connectivity index (χ0) is 27.6. The summed E-state index contributed by atoms with van der Waals surface area (Å²) in [6.45, 7) is 11.2. The van der Waals surface area contributed by atoms with Crippen molar-refractivity contribution in [2.45, 2.75) is 71.9 Å². The number of sulfonamides is 1. The molecule has 9 nitrogen and oxygen atoms in total. The van der Waals surface area contributed by atoms with Gasteiger partial charge in [0.05, 0.1) is 16.8 Å². The largest absolute Gasteiger partial charge is 0.381 e. The minimum atomic E-state index is -3.24. The molecular formula is C27H40N4O5S2. The van der Waals surface area contributed by atoms with Crippen molar-refractivity contribution in [3.8, 4) is 0 Å². The third kappa shape index (κ3) is 6.16. The molecule has 0 unspecified atom stereocenters. The van der Waals surface area contributed by atoms with Gasteiger partial charge in [0, 0.05) is 61.6 Å². The summed E-state index contributed by atoms with van der Waals surface area (Å²) in [4.78, 5) is 32.5. The van der Waals surface area contributed by atoms with Crippen LogP contribution in [0.2, 0.25) is 0 Å². The van der Waals surface area contributed by atoms with Crippen LogP contribution in [0, 0.1) is 20.8 Å². The first-order valence-electron chi connectivity index (χ1n) is 13.4. The maximum Gasteiger partial charge on any atom is 0.253 e. The molecule has 2 saturated heterocycles. The van der Waals surface area contributed by atoms with Gasteiger partial charge in [0.1, 0.15) is 0 Å². The number of H-pyrrole nitrogens is 1. The predicted molar refractivity (Wildman–Crippen MR) is 152 cm³/mol. The molecule has 38 heavy (non-hydrogen) atoms. The second kappa shape index (κ2) is 11.9. The quantitative estimate of drug-likeness (QED) is 0.508. The van der Waals surface area contributed by atoms with Crippen LogP contribution in [0.3, 0.4) is 0 Å². The molecule has 0 spiro atoms. The molecule has 2 aliphatic rings. The summed E-state index contributed by atoms with van der Waals surface area (Å²) in [5.41, 5.74) is 3.63. The van der Waals surface area contributed by atoms with Gasteiger partial charge in [-0.3, -0.25) is 9.59 Å². The van der Waals surface area contributed by atoms with Crippen molar-refractivity contribution in [3.05, 3.63) is 49.2 Å². The van der Waals surface area contributed by atoms with E-state index in [0.717, 1.165) is 59.3 Å². The molecule has 2 aromatic rings. The molecule has 0 aromatic carbocycles. The molecule has 4 heterocycles. The Morgan fingerprint density at radius 2 is 1.84 bits per heavy atom. The van der Waals surface area contributed by atoms with E-state index in [1.807, 2.05) is 26.8 Å². The number of piperidine rings is 1. The van der Waals surface area contributed by atoms with E-state index in [-0.39, 0.29) is 23.9 Å². The number of ether oxygens (including phenoxy) is 1. The van der Waals surface area contributed by atoms with Crippen LogP contribution in [0.5, 0.6) is 0 Å². The molecule has 0 aliphatic carbocycles. The van der Waals surface area contributed by atoms with E-state index < -0.39 is 10.0 Å². The number of rotatable bonds is 8. The molecule has 0 radical (unpaired) electrons. The summed E-state index contributed by atoms with van der Waals surface area (Å²) >= 11 is 1.67. The van der Waals surface area contributed by atoms with Gasteiger partial charge >= 0.3 is 0 Å². The van der Waals surface area contributed by atoms with Crippen molar-refractivity contribution in [2.75, 3.05) is 44.0 Å². The van der Waals surface area contributed by atoms with Gasteiger partial charge in [-0.05, 0) is 76.5 Å². The van der Waals surface area contributed by atoms with E-state index >= 15 is 0 Å². The number of nitrogens with one attached hydrogen (secondary N) is 2. The molecule has 210 valence electrons. The number of aryl methyl sites for hydroxylation is 2. The number of thiophene rings is 1. The topological polar surface area (TPSA) is 112 Å². The lowest BCUT2D eigenvalue weighted by Crippen LogP contribution is -2.39. The number of amides is 1. The summed E-state index contributed by atoms with van der Waals surface area (Å²) in [6.07, 6.45) is 4.50. The summed E-state index contributed by atoms with van der Waals surface area (Å²) in [5.74, 6) is -0.0861. The van der Waals surface area contributed by atoms with Gasteiger partial charge in [0.25, 0.3) is 11.5 Å². The number of anilines is 1.